The summed E-state index contributed by atoms with van der Waals surface area (Å²) in [5.74, 6) is -1.95. The summed E-state index contributed by atoms with van der Waals surface area (Å²) in [7, 11) is -3.77. The predicted octanol–water partition coefficient (Wildman–Crippen LogP) is 2.93. The molecule has 1 fully saturated rings. The van der Waals surface area contributed by atoms with Crippen LogP contribution in [0.1, 0.15) is 60.4 Å². The molecule has 0 aromatic heterocycles. The fourth-order valence-electron chi connectivity index (χ4n) is 4.73. The molecule has 3 amide bonds. The van der Waals surface area contributed by atoms with Crippen LogP contribution < -0.4 is 10.0 Å². The van der Waals surface area contributed by atoms with Crippen LogP contribution in [0.5, 0.6) is 0 Å². The molecular weight excluding hydrogens is 530 g/mol. The van der Waals surface area contributed by atoms with Crippen molar-refractivity contribution in [3.63, 3.8) is 0 Å². The van der Waals surface area contributed by atoms with Gasteiger partial charge in [0, 0.05) is 34.7 Å². The van der Waals surface area contributed by atoms with E-state index in [-0.39, 0.29) is 29.5 Å². The van der Waals surface area contributed by atoms with E-state index in [1.807, 2.05) is 32.4 Å². The Morgan fingerprint density at radius 3 is 2.13 bits per heavy atom. The molecule has 3 N–H and O–H groups in total. The average Bonchev–Trinajstić information content (AvgIpc) is 2.82. The Bertz CT molecular complexity index is 1330. The number of likely N-dealkylation sites (tertiary alicyclic amines) is 1. The maximum atomic E-state index is 13.6. The van der Waals surface area contributed by atoms with Crippen LogP contribution in [0.3, 0.4) is 0 Å². The third-order valence-corrected chi connectivity index (χ3v) is 7.78. The first kappa shape index (κ1) is 29.6. The largest absolute Gasteiger partial charge is 0.384 e. The summed E-state index contributed by atoms with van der Waals surface area (Å²) in [5.41, 5.74) is -1.03. The van der Waals surface area contributed by atoms with Crippen LogP contribution in [0.4, 0.5) is 0 Å². The highest BCUT2D eigenvalue weighted by molar-refractivity contribution is 7.89. The van der Waals surface area contributed by atoms with E-state index < -0.39 is 38.9 Å². The highest BCUT2D eigenvalue weighted by Crippen LogP contribution is 2.46. The molecule has 0 saturated carbocycles. The second-order valence-electron chi connectivity index (χ2n) is 10.7. The van der Waals surface area contributed by atoms with Gasteiger partial charge >= 0.3 is 0 Å². The lowest BCUT2D eigenvalue weighted by molar-refractivity contribution is -0.155. The lowest BCUT2D eigenvalue weighted by Crippen LogP contribution is -2.60. The van der Waals surface area contributed by atoms with Gasteiger partial charge in [-0.15, -0.1) is 0 Å². The number of nitrogens with one attached hydrogen (secondary N) is 2. The molecule has 3 rings (SSSR count). The molecule has 0 spiro atoms. The number of benzene rings is 2. The van der Waals surface area contributed by atoms with Crippen molar-refractivity contribution in [1.82, 2.24) is 14.9 Å². The highest BCUT2D eigenvalue weighted by atomic mass is 35.5. The first-order valence-electron chi connectivity index (χ1n) is 12.2. The topological polar surface area (TPSA) is 133 Å². The monoisotopic (exact) mass is 563 g/mol. The summed E-state index contributed by atoms with van der Waals surface area (Å²) in [6.45, 7) is 8.00. The van der Waals surface area contributed by atoms with Gasteiger partial charge in [-0.3, -0.25) is 14.4 Å². The number of aliphatic hydroxyl groups is 1. The number of piperidine rings is 1. The van der Waals surface area contributed by atoms with Crippen LogP contribution in [0, 0.1) is 11.3 Å². The molecule has 0 bridgehead atoms. The summed E-state index contributed by atoms with van der Waals surface area (Å²) in [4.78, 5) is 40.5. The van der Waals surface area contributed by atoms with Crippen LogP contribution >= 0.6 is 11.6 Å². The van der Waals surface area contributed by atoms with Gasteiger partial charge in [0.05, 0.1) is 11.9 Å². The fourth-order valence-corrected chi connectivity index (χ4v) is 5.32. The molecule has 2 aromatic carbocycles. The predicted molar refractivity (Wildman–Crippen MR) is 145 cm³/mol. The van der Waals surface area contributed by atoms with Gasteiger partial charge < -0.3 is 15.3 Å². The summed E-state index contributed by atoms with van der Waals surface area (Å²) >= 11 is 6.02. The van der Waals surface area contributed by atoms with Gasteiger partial charge in [0.15, 0.2) is 0 Å². The smallest absolute Gasteiger partial charge is 0.264 e. The summed E-state index contributed by atoms with van der Waals surface area (Å²) in [6, 6.07) is 11.8. The maximum absolute atomic E-state index is 13.6. The quantitative estimate of drug-likeness (QED) is 0.474. The Labute approximate surface area is 228 Å². The van der Waals surface area contributed by atoms with Gasteiger partial charge in [0.1, 0.15) is 6.04 Å². The number of hydrogen-bond donors (Lipinski definition) is 3. The minimum Gasteiger partial charge on any atom is -0.384 e. The van der Waals surface area contributed by atoms with Crippen molar-refractivity contribution in [2.45, 2.75) is 45.8 Å². The first-order chi connectivity index (χ1) is 17.5. The number of nitrogens with zero attached hydrogens (tertiary/aromatic N) is 1. The molecule has 0 aliphatic carbocycles. The Morgan fingerprint density at radius 2 is 1.61 bits per heavy atom. The first-order valence-corrected chi connectivity index (χ1v) is 14.5. The van der Waals surface area contributed by atoms with Crippen molar-refractivity contribution in [1.29, 1.82) is 0 Å². The summed E-state index contributed by atoms with van der Waals surface area (Å²) in [5, 5.41) is 15.0. The molecule has 1 heterocycles. The standard InChI is InChI=1S/C27H34ClN3O6S/c1-17(2)22(29-23(32)18-7-6-8-19(15-18)24(33)30-38(5,36)37)25(34)31-14-13-27(35,26(3,4)16-31)20-9-11-21(28)12-10-20/h6-12,15,17,22,35H,13-14,16H2,1-5H3,(H,29,32)(H,30,33). The second-order valence-corrected chi connectivity index (χ2v) is 12.9. The fraction of sp³-hybridized carbons (Fsp3) is 0.444. The second kappa shape index (κ2) is 11.0. The van der Waals surface area contributed by atoms with Crippen LogP contribution in [-0.4, -0.2) is 61.5 Å². The number of carbonyl (C=O) groups is 3. The van der Waals surface area contributed by atoms with Crippen molar-refractivity contribution < 1.29 is 27.9 Å². The van der Waals surface area contributed by atoms with Gasteiger partial charge in [-0.25, -0.2) is 13.1 Å². The van der Waals surface area contributed by atoms with E-state index in [1.54, 1.807) is 29.2 Å². The molecular formula is C27H34ClN3O6S. The van der Waals surface area contributed by atoms with E-state index in [4.69, 9.17) is 11.6 Å². The van der Waals surface area contributed by atoms with E-state index in [9.17, 15) is 27.9 Å². The lowest BCUT2D eigenvalue weighted by atomic mass is 9.66. The minimum atomic E-state index is -3.77. The Balaban J connectivity index is 1.76. The third-order valence-electron chi connectivity index (χ3n) is 6.97. The maximum Gasteiger partial charge on any atom is 0.264 e. The van der Waals surface area contributed by atoms with Crippen molar-refractivity contribution in [2.75, 3.05) is 19.3 Å². The van der Waals surface area contributed by atoms with Crippen LogP contribution in [0.2, 0.25) is 5.02 Å². The number of sulfonamides is 1. The molecule has 9 nitrogen and oxygen atoms in total. The highest BCUT2D eigenvalue weighted by Gasteiger charge is 2.50. The number of rotatable bonds is 7. The number of carbonyl (C=O) groups excluding carboxylic acids is 3. The van der Waals surface area contributed by atoms with E-state index >= 15 is 0 Å². The van der Waals surface area contributed by atoms with Crippen molar-refractivity contribution in [3.8, 4) is 0 Å². The molecule has 2 atom stereocenters. The number of hydrogen-bond acceptors (Lipinski definition) is 6. The zero-order chi connectivity index (χ0) is 28.5. The van der Waals surface area contributed by atoms with Gasteiger partial charge in [-0.05, 0) is 48.2 Å². The average molecular weight is 564 g/mol. The van der Waals surface area contributed by atoms with E-state index in [1.165, 1.54) is 24.3 Å². The molecule has 1 aliphatic heterocycles. The van der Waals surface area contributed by atoms with Crippen molar-refractivity contribution in [2.24, 2.45) is 11.3 Å². The molecule has 1 aliphatic rings. The van der Waals surface area contributed by atoms with Crippen LogP contribution in [-0.2, 0) is 20.4 Å². The number of halogens is 1. The molecule has 2 aromatic rings. The summed E-state index contributed by atoms with van der Waals surface area (Å²) in [6.07, 6.45) is 1.17. The Kier molecular flexibility index (Phi) is 8.60. The normalized spacial score (nSPS) is 20.1. The SMILES string of the molecule is CC(C)C(NC(=O)c1cccc(C(=O)NS(C)(=O)=O)c1)C(=O)N1CCC(O)(c2ccc(Cl)cc2)C(C)(C)C1. The van der Waals surface area contributed by atoms with E-state index in [0.29, 0.717) is 18.0 Å². The van der Waals surface area contributed by atoms with Crippen LogP contribution in [0.25, 0.3) is 0 Å². The Hall–Kier alpha value is -2.95. The van der Waals surface area contributed by atoms with Gasteiger partial charge in [-0.1, -0.05) is 57.5 Å². The van der Waals surface area contributed by atoms with Gasteiger partial charge in [-0.2, -0.15) is 0 Å². The van der Waals surface area contributed by atoms with Crippen molar-refractivity contribution >= 4 is 39.3 Å². The van der Waals surface area contributed by atoms with E-state index in [0.717, 1.165) is 11.8 Å². The molecule has 206 valence electrons. The van der Waals surface area contributed by atoms with Gasteiger partial charge in [0.25, 0.3) is 11.8 Å². The zero-order valence-corrected chi connectivity index (χ0v) is 23.7. The zero-order valence-electron chi connectivity index (χ0n) is 22.1. The lowest BCUT2D eigenvalue weighted by Gasteiger charge is -2.51. The van der Waals surface area contributed by atoms with Gasteiger partial charge in [0.2, 0.25) is 15.9 Å². The molecule has 1 saturated heterocycles. The number of amides is 3. The summed E-state index contributed by atoms with van der Waals surface area (Å²) < 4.78 is 24.6. The molecule has 0 radical (unpaired) electrons. The van der Waals surface area contributed by atoms with E-state index in [2.05, 4.69) is 5.32 Å². The molecule has 11 heteroatoms. The van der Waals surface area contributed by atoms with Crippen molar-refractivity contribution in [3.05, 3.63) is 70.2 Å². The Morgan fingerprint density at radius 1 is 1.03 bits per heavy atom. The molecule has 2 unspecified atom stereocenters. The minimum absolute atomic E-state index is 0.00485. The van der Waals surface area contributed by atoms with Crippen LogP contribution in [0.15, 0.2) is 48.5 Å². The third kappa shape index (κ3) is 6.54. The molecule has 38 heavy (non-hydrogen) atoms.